The Kier molecular flexibility index (Phi) is 2.96. The topological polar surface area (TPSA) is 90.2 Å². The van der Waals surface area contributed by atoms with Gasteiger partial charge < -0.3 is 9.99 Å². The number of nitrogens with zero attached hydrogens (tertiary/aromatic N) is 4. The molecule has 20 heavy (non-hydrogen) atoms. The number of nitrogens with two attached hydrogens (primary N) is 1. The fraction of sp³-hybridized carbons (Fsp3) is 0.154. The van der Waals surface area contributed by atoms with Gasteiger partial charge in [-0.3, -0.25) is 4.79 Å². The SMILES string of the molecule is Cc1cc2c(=O)n(Cc3ccnc(NN)c3)ccn2n1. The molecule has 7 nitrogen and oxygen atoms in total. The fourth-order valence-corrected chi connectivity index (χ4v) is 2.12. The Hall–Kier alpha value is -2.67. The minimum atomic E-state index is -0.0767. The first-order valence-electron chi connectivity index (χ1n) is 6.14. The van der Waals surface area contributed by atoms with E-state index in [0.29, 0.717) is 17.9 Å². The zero-order chi connectivity index (χ0) is 14.1. The van der Waals surface area contributed by atoms with E-state index in [4.69, 9.17) is 5.84 Å². The van der Waals surface area contributed by atoms with Crippen molar-refractivity contribution in [2.45, 2.75) is 13.5 Å². The van der Waals surface area contributed by atoms with Gasteiger partial charge in [0.1, 0.15) is 11.3 Å². The van der Waals surface area contributed by atoms with E-state index in [1.165, 1.54) is 0 Å². The second-order valence-electron chi connectivity index (χ2n) is 4.54. The van der Waals surface area contributed by atoms with Crippen LogP contribution in [0, 0.1) is 6.92 Å². The normalized spacial score (nSPS) is 10.9. The van der Waals surface area contributed by atoms with Gasteiger partial charge in [-0.25, -0.2) is 15.3 Å². The van der Waals surface area contributed by atoms with Gasteiger partial charge in [0.15, 0.2) is 0 Å². The fourth-order valence-electron chi connectivity index (χ4n) is 2.12. The molecule has 0 fully saturated rings. The summed E-state index contributed by atoms with van der Waals surface area (Å²) in [5.41, 5.74) is 4.74. The summed E-state index contributed by atoms with van der Waals surface area (Å²) in [6, 6.07) is 5.43. The Morgan fingerprint density at radius 1 is 1.35 bits per heavy atom. The highest BCUT2D eigenvalue weighted by atomic mass is 16.1. The Bertz CT molecular complexity index is 819. The molecule has 0 amide bonds. The van der Waals surface area contributed by atoms with Crippen LogP contribution in [-0.2, 0) is 6.54 Å². The van der Waals surface area contributed by atoms with Crippen molar-refractivity contribution in [2.75, 3.05) is 5.43 Å². The van der Waals surface area contributed by atoms with Gasteiger partial charge in [-0.1, -0.05) is 0 Å². The van der Waals surface area contributed by atoms with Crippen LogP contribution in [0.15, 0.2) is 41.6 Å². The number of nitrogen functional groups attached to an aromatic ring is 1. The van der Waals surface area contributed by atoms with Crippen molar-refractivity contribution in [3.63, 3.8) is 0 Å². The van der Waals surface area contributed by atoms with Gasteiger partial charge in [0.2, 0.25) is 0 Å². The quantitative estimate of drug-likeness (QED) is 0.535. The molecular weight excluding hydrogens is 256 g/mol. The Labute approximate surface area is 114 Å². The highest BCUT2D eigenvalue weighted by molar-refractivity contribution is 5.45. The first-order valence-corrected chi connectivity index (χ1v) is 6.14. The van der Waals surface area contributed by atoms with E-state index in [2.05, 4.69) is 15.5 Å². The van der Waals surface area contributed by atoms with Crippen LogP contribution in [-0.4, -0.2) is 19.2 Å². The van der Waals surface area contributed by atoms with Crippen LogP contribution in [0.25, 0.3) is 5.52 Å². The lowest BCUT2D eigenvalue weighted by atomic mass is 10.2. The predicted molar refractivity (Wildman–Crippen MR) is 75.3 cm³/mol. The van der Waals surface area contributed by atoms with Crippen molar-refractivity contribution in [1.82, 2.24) is 19.2 Å². The van der Waals surface area contributed by atoms with Crippen LogP contribution in [0.2, 0.25) is 0 Å². The summed E-state index contributed by atoms with van der Waals surface area (Å²) >= 11 is 0. The molecule has 3 heterocycles. The molecule has 102 valence electrons. The summed E-state index contributed by atoms with van der Waals surface area (Å²) in [4.78, 5) is 16.4. The first kappa shape index (κ1) is 12.4. The van der Waals surface area contributed by atoms with Crippen molar-refractivity contribution >= 4 is 11.3 Å². The molecule has 3 aromatic heterocycles. The molecule has 3 aromatic rings. The number of aryl methyl sites for hydroxylation is 1. The third kappa shape index (κ3) is 2.14. The van der Waals surface area contributed by atoms with Gasteiger partial charge in [-0.2, -0.15) is 5.10 Å². The largest absolute Gasteiger partial charge is 0.308 e. The third-order valence-electron chi connectivity index (χ3n) is 3.05. The molecule has 0 aliphatic carbocycles. The molecule has 0 saturated carbocycles. The predicted octanol–water partition coefficient (Wildman–Crippen LogP) is 0.533. The average molecular weight is 270 g/mol. The first-order chi connectivity index (χ1) is 9.67. The molecule has 0 saturated heterocycles. The molecule has 0 aromatic carbocycles. The molecule has 0 aliphatic rings. The lowest BCUT2D eigenvalue weighted by Gasteiger charge is -2.07. The van der Waals surface area contributed by atoms with E-state index < -0.39 is 0 Å². The second-order valence-corrected chi connectivity index (χ2v) is 4.54. The van der Waals surface area contributed by atoms with E-state index in [9.17, 15) is 4.79 Å². The van der Waals surface area contributed by atoms with E-state index in [1.54, 1.807) is 39.8 Å². The number of pyridine rings is 1. The number of fused-ring (bicyclic) bond motifs is 1. The van der Waals surface area contributed by atoms with Gasteiger partial charge in [0.25, 0.3) is 5.56 Å². The van der Waals surface area contributed by atoms with Crippen LogP contribution >= 0.6 is 0 Å². The number of nitrogens with one attached hydrogen (secondary N) is 1. The summed E-state index contributed by atoms with van der Waals surface area (Å²) in [7, 11) is 0. The summed E-state index contributed by atoms with van der Waals surface area (Å²) in [5, 5.41) is 4.22. The van der Waals surface area contributed by atoms with Gasteiger partial charge >= 0.3 is 0 Å². The van der Waals surface area contributed by atoms with Crippen molar-refractivity contribution in [3.8, 4) is 0 Å². The monoisotopic (exact) mass is 270 g/mol. The molecule has 0 aliphatic heterocycles. The lowest BCUT2D eigenvalue weighted by molar-refractivity contribution is 0.741. The Balaban J connectivity index is 2.02. The summed E-state index contributed by atoms with van der Waals surface area (Å²) in [6.07, 6.45) is 5.14. The molecule has 0 spiro atoms. The van der Waals surface area contributed by atoms with Gasteiger partial charge in [0.05, 0.1) is 12.2 Å². The van der Waals surface area contributed by atoms with E-state index in [0.717, 1.165) is 11.3 Å². The number of aromatic nitrogens is 4. The zero-order valence-corrected chi connectivity index (χ0v) is 10.9. The zero-order valence-electron chi connectivity index (χ0n) is 10.9. The maximum absolute atomic E-state index is 12.3. The number of rotatable bonds is 3. The van der Waals surface area contributed by atoms with E-state index in [1.807, 2.05) is 13.0 Å². The Morgan fingerprint density at radius 3 is 3.00 bits per heavy atom. The van der Waals surface area contributed by atoms with E-state index in [-0.39, 0.29) is 5.56 Å². The van der Waals surface area contributed by atoms with Crippen LogP contribution in [0.3, 0.4) is 0 Å². The number of anilines is 1. The Morgan fingerprint density at radius 2 is 2.20 bits per heavy atom. The van der Waals surface area contributed by atoms with Gasteiger partial charge in [-0.05, 0) is 30.7 Å². The van der Waals surface area contributed by atoms with Crippen molar-refractivity contribution < 1.29 is 0 Å². The summed E-state index contributed by atoms with van der Waals surface area (Å²) < 4.78 is 3.22. The van der Waals surface area contributed by atoms with Crippen LogP contribution < -0.4 is 16.8 Å². The minimum absolute atomic E-state index is 0.0767. The second kappa shape index (κ2) is 4.78. The number of hydrazine groups is 1. The highest BCUT2D eigenvalue weighted by Crippen LogP contribution is 2.07. The third-order valence-corrected chi connectivity index (χ3v) is 3.05. The molecular formula is C13H14N6O. The smallest absolute Gasteiger partial charge is 0.276 e. The molecule has 0 radical (unpaired) electrons. The average Bonchev–Trinajstić information content (AvgIpc) is 2.84. The van der Waals surface area contributed by atoms with Crippen molar-refractivity contribution in [3.05, 3.63) is 58.4 Å². The van der Waals surface area contributed by atoms with Gasteiger partial charge in [0, 0.05) is 18.6 Å². The maximum atomic E-state index is 12.3. The highest BCUT2D eigenvalue weighted by Gasteiger charge is 2.06. The molecule has 0 unspecified atom stereocenters. The van der Waals surface area contributed by atoms with Crippen LogP contribution in [0.1, 0.15) is 11.3 Å². The maximum Gasteiger partial charge on any atom is 0.276 e. The number of hydrogen-bond acceptors (Lipinski definition) is 5. The van der Waals surface area contributed by atoms with Crippen molar-refractivity contribution in [2.24, 2.45) is 5.84 Å². The van der Waals surface area contributed by atoms with Crippen LogP contribution in [0.4, 0.5) is 5.82 Å². The van der Waals surface area contributed by atoms with Gasteiger partial charge in [-0.15, -0.1) is 0 Å². The molecule has 0 atom stereocenters. The molecule has 3 N–H and O–H groups in total. The summed E-state index contributed by atoms with van der Waals surface area (Å²) in [5.74, 6) is 5.89. The number of hydrogen-bond donors (Lipinski definition) is 2. The standard InChI is InChI=1S/C13H14N6O/c1-9-6-11-13(20)18(4-5-19(11)17-9)8-10-2-3-15-12(7-10)16-14/h2-7H,8,14H2,1H3,(H,15,16). The lowest BCUT2D eigenvalue weighted by Crippen LogP contribution is -2.22. The summed E-state index contributed by atoms with van der Waals surface area (Å²) in [6.45, 7) is 2.32. The molecule has 3 rings (SSSR count). The molecule has 7 heteroatoms. The minimum Gasteiger partial charge on any atom is -0.308 e. The van der Waals surface area contributed by atoms with E-state index >= 15 is 0 Å². The molecule has 0 bridgehead atoms. The van der Waals surface area contributed by atoms with Crippen molar-refractivity contribution in [1.29, 1.82) is 0 Å². The van der Waals surface area contributed by atoms with Crippen LogP contribution in [0.5, 0.6) is 0 Å².